The molecule has 0 aromatic carbocycles. The minimum Gasteiger partial charge on any atom is -0.477 e. The summed E-state index contributed by atoms with van der Waals surface area (Å²) in [6, 6.07) is 0. The maximum atomic E-state index is 12.9. The first-order valence-electron chi connectivity index (χ1n) is 35.0. The Kier molecular flexibility index (Phi) is 61.6. The standard InChI is InChI=1S/C73H133NO8/c1-6-8-10-12-14-16-18-20-22-24-26-27-28-29-30-31-32-33-34-35-36-37-38-39-40-41-42-43-44-45-46-48-50-52-54-56-58-60-62-64-71(76)82-69(68-81-73(72(77)78)79-66-65-74(3,4)5)67-80-70(75)63-61-59-57-55-53-51-49-47-25-23-21-19-17-15-13-11-9-7-2/h8,10,14,16,20,22,26-27,29-30,69,73H,6-7,9,11-13,15,17-19,21,23-25,28,31-68H2,1-5H3/p+1/b10-8-,16-14-,22-20-,27-26-,30-29-. The summed E-state index contributed by atoms with van der Waals surface area (Å²) in [6.45, 7) is 4.82. The molecule has 0 fully saturated rings. The van der Waals surface area contributed by atoms with Crippen molar-refractivity contribution >= 4 is 17.9 Å². The number of carbonyl (C=O) groups excluding carboxylic acids is 2. The zero-order valence-electron chi connectivity index (χ0n) is 54.7. The number of nitrogens with zero attached hydrogens (tertiary/aromatic N) is 1. The number of allylic oxidation sites excluding steroid dienone is 10. The van der Waals surface area contributed by atoms with Crippen molar-refractivity contribution < 1.29 is 42.9 Å². The molecule has 0 aromatic rings. The largest absolute Gasteiger partial charge is 0.477 e. The molecule has 0 saturated carbocycles. The quantitative estimate of drug-likeness (QED) is 0.0211. The fourth-order valence-electron chi connectivity index (χ4n) is 10.2. The molecule has 0 spiro atoms. The van der Waals surface area contributed by atoms with E-state index in [1.165, 1.54) is 231 Å². The number of likely N-dealkylation sites (N-methyl/N-ethyl adjacent to an activating group) is 1. The Labute approximate surface area is 507 Å². The van der Waals surface area contributed by atoms with Gasteiger partial charge >= 0.3 is 17.9 Å². The lowest BCUT2D eigenvalue weighted by Crippen LogP contribution is -2.40. The molecule has 1 N–H and O–H groups in total. The molecule has 0 rings (SSSR count). The van der Waals surface area contributed by atoms with Crippen molar-refractivity contribution in [2.75, 3.05) is 47.5 Å². The number of aliphatic carboxylic acids is 1. The number of unbranched alkanes of at least 4 members (excludes halogenated alkanes) is 40. The van der Waals surface area contributed by atoms with Crippen molar-refractivity contribution in [3.8, 4) is 0 Å². The summed E-state index contributed by atoms with van der Waals surface area (Å²) in [5.74, 6) is -1.98. The normalized spacial score (nSPS) is 13.0. The van der Waals surface area contributed by atoms with Gasteiger partial charge in [-0.05, 0) is 57.8 Å². The maximum Gasteiger partial charge on any atom is 0.361 e. The van der Waals surface area contributed by atoms with E-state index in [1.54, 1.807) is 0 Å². The number of rotatable bonds is 65. The van der Waals surface area contributed by atoms with Gasteiger partial charge in [-0.25, -0.2) is 4.79 Å². The summed E-state index contributed by atoms with van der Waals surface area (Å²) in [5, 5.41) is 9.73. The number of carbonyl (C=O) groups is 3. The first-order valence-corrected chi connectivity index (χ1v) is 35.0. The highest BCUT2D eigenvalue weighted by Gasteiger charge is 2.25. The van der Waals surface area contributed by atoms with Gasteiger partial charge in [0.1, 0.15) is 13.2 Å². The lowest BCUT2D eigenvalue weighted by Gasteiger charge is -2.25. The van der Waals surface area contributed by atoms with Crippen LogP contribution in [0.1, 0.15) is 328 Å². The summed E-state index contributed by atoms with van der Waals surface area (Å²) in [5.41, 5.74) is 0. The van der Waals surface area contributed by atoms with Crippen molar-refractivity contribution in [3.63, 3.8) is 0 Å². The van der Waals surface area contributed by atoms with Crippen LogP contribution in [0.15, 0.2) is 60.8 Å². The van der Waals surface area contributed by atoms with E-state index in [-0.39, 0.29) is 38.2 Å². The second-order valence-corrected chi connectivity index (χ2v) is 24.8. The average molecular weight is 1150 g/mol. The molecule has 0 heterocycles. The van der Waals surface area contributed by atoms with Gasteiger partial charge < -0.3 is 28.5 Å². The fraction of sp³-hybridized carbons (Fsp3) is 0.822. The monoisotopic (exact) mass is 1150 g/mol. The third-order valence-corrected chi connectivity index (χ3v) is 15.5. The number of quaternary nitrogens is 1. The summed E-state index contributed by atoms with van der Waals surface area (Å²) < 4.78 is 23.0. The molecule has 0 bridgehead atoms. The Morgan fingerprint density at radius 3 is 1.04 bits per heavy atom. The van der Waals surface area contributed by atoms with Crippen LogP contribution in [-0.2, 0) is 33.3 Å². The molecule has 0 aliphatic rings. The topological polar surface area (TPSA) is 108 Å². The van der Waals surface area contributed by atoms with Gasteiger partial charge in [-0.3, -0.25) is 9.59 Å². The first kappa shape index (κ1) is 79.0. The minimum atomic E-state index is -1.51. The van der Waals surface area contributed by atoms with Crippen LogP contribution in [0, 0.1) is 0 Å². The molecule has 82 heavy (non-hydrogen) atoms. The van der Waals surface area contributed by atoms with Gasteiger partial charge in [-0.2, -0.15) is 0 Å². The highest BCUT2D eigenvalue weighted by molar-refractivity contribution is 5.71. The van der Waals surface area contributed by atoms with Gasteiger partial charge in [0.15, 0.2) is 6.10 Å². The third-order valence-electron chi connectivity index (χ3n) is 15.5. The number of hydrogen-bond donors (Lipinski definition) is 1. The van der Waals surface area contributed by atoms with Crippen molar-refractivity contribution in [1.82, 2.24) is 0 Å². The molecule has 0 aromatic heterocycles. The van der Waals surface area contributed by atoms with Crippen LogP contribution in [0.5, 0.6) is 0 Å². The minimum absolute atomic E-state index is 0.176. The zero-order chi connectivity index (χ0) is 59.8. The molecule has 0 amide bonds. The predicted molar refractivity (Wildman–Crippen MR) is 350 cm³/mol. The smallest absolute Gasteiger partial charge is 0.361 e. The van der Waals surface area contributed by atoms with Crippen molar-refractivity contribution in [3.05, 3.63) is 60.8 Å². The number of esters is 2. The van der Waals surface area contributed by atoms with Crippen molar-refractivity contribution in [1.29, 1.82) is 0 Å². The molecule has 9 nitrogen and oxygen atoms in total. The molecule has 0 radical (unpaired) electrons. The second-order valence-electron chi connectivity index (χ2n) is 24.8. The van der Waals surface area contributed by atoms with E-state index in [1.807, 2.05) is 21.1 Å². The maximum absolute atomic E-state index is 12.9. The van der Waals surface area contributed by atoms with Crippen LogP contribution in [0.2, 0.25) is 0 Å². The third kappa shape index (κ3) is 64.5. The van der Waals surface area contributed by atoms with Gasteiger partial charge in [-0.1, -0.05) is 319 Å². The van der Waals surface area contributed by atoms with Gasteiger partial charge in [0, 0.05) is 12.8 Å². The van der Waals surface area contributed by atoms with E-state index >= 15 is 0 Å². The van der Waals surface area contributed by atoms with Gasteiger partial charge in [-0.15, -0.1) is 0 Å². The summed E-state index contributed by atoms with van der Waals surface area (Å²) in [4.78, 5) is 37.5. The van der Waals surface area contributed by atoms with Crippen molar-refractivity contribution in [2.24, 2.45) is 0 Å². The fourth-order valence-corrected chi connectivity index (χ4v) is 10.2. The van der Waals surface area contributed by atoms with Crippen LogP contribution < -0.4 is 0 Å². The lowest BCUT2D eigenvalue weighted by molar-refractivity contribution is -0.870. The first-order chi connectivity index (χ1) is 40.1. The van der Waals surface area contributed by atoms with Crippen LogP contribution in [-0.4, -0.2) is 87.4 Å². The van der Waals surface area contributed by atoms with Gasteiger partial charge in [0.2, 0.25) is 0 Å². The molecule has 2 unspecified atom stereocenters. The van der Waals surface area contributed by atoms with E-state index in [9.17, 15) is 19.5 Å². The van der Waals surface area contributed by atoms with Crippen LogP contribution in [0.4, 0.5) is 0 Å². The molecule has 9 heteroatoms. The Balaban J connectivity index is 3.98. The molecular weight excluding hydrogens is 1020 g/mol. The van der Waals surface area contributed by atoms with E-state index in [4.69, 9.17) is 18.9 Å². The van der Waals surface area contributed by atoms with Crippen LogP contribution in [0.25, 0.3) is 0 Å². The SMILES string of the molecule is CC/C=C\C/C=C\C/C=C\C/C=C\C/C=C\CCCCCCCCCCCCCCCCCCCCCCCCCC(=O)OC(COC(=O)CCCCCCCCCCCCCCCCCCCC)COC(OCC[N+](C)(C)C)C(=O)O. The molecule has 478 valence electrons. The Morgan fingerprint density at radius 2 is 0.695 bits per heavy atom. The predicted octanol–water partition coefficient (Wildman–Crippen LogP) is 21.5. The van der Waals surface area contributed by atoms with Crippen molar-refractivity contribution in [2.45, 2.75) is 341 Å². The number of carboxylic acids is 1. The Hall–Kier alpha value is -3.01. The molecular formula is C73H134NO8+. The molecule has 0 saturated heterocycles. The highest BCUT2D eigenvalue weighted by Crippen LogP contribution is 2.18. The van der Waals surface area contributed by atoms with Crippen LogP contribution >= 0.6 is 0 Å². The number of carboxylic acid groups (broad SMARTS) is 1. The second kappa shape index (κ2) is 64.0. The van der Waals surface area contributed by atoms with Gasteiger partial charge in [0.25, 0.3) is 6.29 Å². The highest BCUT2D eigenvalue weighted by atomic mass is 16.7. The Morgan fingerprint density at radius 1 is 0.378 bits per heavy atom. The molecule has 2 atom stereocenters. The average Bonchev–Trinajstić information content (AvgIpc) is 3.45. The van der Waals surface area contributed by atoms with E-state index < -0.39 is 18.4 Å². The van der Waals surface area contributed by atoms with E-state index in [0.29, 0.717) is 17.4 Å². The van der Waals surface area contributed by atoms with E-state index in [0.717, 1.165) is 70.6 Å². The summed E-state index contributed by atoms with van der Waals surface area (Å²) in [7, 11) is 5.99. The van der Waals surface area contributed by atoms with Crippen LogP contribution in [0.3, 0.4) is 0 Å². The molecule has 0 aliphatic carbocycles. The number of hydrogen-bond acceptors (Lipinski definition) is 7. The zero-order valence-corrected chi connectivity index (χ0v) is 54.7. The summed E-state index contributed by atoms with van der Waals surface area (Å²) in [6.07, 6.45) is 80.6. The Bertz CT molecular complexity index is 1530. The molecule has 0 aliphatic heterocycles. The van der Waals surface area contributed by atoms with Gasteiger partial charge in [0.05, 0.1) is 34.4 Å². The summed E-state index contributed by atoms with van der Waals surface area (Å²) >= 11 is 0. The lowest BCUT2D eigenvalue weighted by atomic mass is 10.0. The van der Waals surface area contributed by atoms with E-state index in [2.05, 4.69) is 74.6 Å². The number of ether oxygens (including phenoxy) is 4.